The highest BCUT2D eigenvalue weighted by Gasteiger charge is 2.29. The molecule has 10 heteroatoms. The van der Waals surface area contributed by atoms with Crippen molar-refractivity contribution in [2.45, 2.75) is 33.1 Å². The second-order valence-electron chi connectivity index (χ2n) is 6.20. The molecule has 0 aliphatic rings. The molecule has 0 saturated carbocycles. The Kier molecular flexibility index (Phi) is 7.16. The number of hydrogen-bond donors (Lipinski definition) is 2. The highest BCUT2D eigenvalue weighted by molar-refractivity contribution is 5.93. The van der Waals surface area contributed by atoms with Gasteiger partial charge in [-0.15, -0.1) is 0 Å². The first-order valence-electron chi connectivity index (χ1n) is 8.63. The van der Waals surface area contributed by atoms with Crippen LogP contribution in [0.3, 0.4) is 0 Å². The summed E-state index contributed by atoms with van der Waals surface area (Å²) in [5, 5.41) is 5.34. The van der Waals surface area contributed by atoms with E-state index in [9.17, 15) is 22.8 Å². The van der Waals surface area contributed by atoms with E-state index in [0.29, 0.717) is 17.9 Å². The lowest BCUT2D eigenvalue weighted by Crippen LogP contribution is -2.34. The molecule has 2 aromatic rings. The second-order valence-corrected chi connectivity index (χ2v) is 6.20. The van der Waals surface area contributed by atoms with Crippen molar-refractivity contribution in [1.82, 2.24) is 14.5 Å². The predicted octanol–water partition coefficient (Wildman–Crippen LogP) is 2.86. The fraction of sp³-hybridized carbons (Fsp3) is 0.389. The minimum Gasteiger partial charge on any atom is -0.326 e. The summed E-state index contributed by atoms with van der Waals surface area (Å²) in [5.74, 6) is -0.256. The van der Waals surface area contributed by atoms with Crippen LogP contribution < -0.4 is 10.6 Å². The topological polar surface area (TPSA) is 79.3 Å². The van der Waals surface area contributed by atoms with Gasteiger partial charge in [0, 0.05) is 30.7 Å². The number of rotatable bonds is 8. The van der Waals surface area contributed by atoms with Crippen molar-refractivity contribution in [1.29, 1.82) is 0 Å². The summed E-state index contributed by atoms with van der Waals surface area (Å²) in [6, 6.07) is 6.61. The van der Waals surface area contributed by atoms with Crippen LogP contribution in [0, 0.1) is 0 Å². The van der Waals surface area contributed by atoms with Crippen LogP contribution in [0.15, 0.2) is 36.7 Å². The van der Waals surface area contributed by atoms with Crippen molar-refractivity contribution in [2.75, 3.05) is 23.7 Å². The lowest BCUT2D eigenvalue weighted by Gasteiger charge is -2.20. The molecule has 0 aliphatic heterocycles. The normalized spacial score (nSPS) is 11.5. The Balaban J connectivity index is 1.93. The number of nitrogens with zero attached hydrogens (tertiary/aromatic N) is 3. The van der Waals surface area contributed by atoms with Crippen LogP contribution in [-0.4, -0.2) is 45.5 Å². The molecule has 0 fully saturated rings. The molecule has 0 aliphatic carbocycles. The number of halogens is 3. The predicted molar refractivity (Wildman–Crippen MR) is 98.6 cm³/mol. The monoisotopic (exact) mass is 397 g/mol. The average Bonchev–Trinajstić information content (AvgIpc) is 3.00. The largest absolute Gasteiger partial charge is 0.406 e. The van der Waals surface area contributed by atoms with E-state index in [1.807, 2.05) is 6.92 Å². The van der Waals surface area contributed by atoms with E-state index in [1.165, 1.54) is 19.3 Å². The summed E-state index contributed by atoms with van der Waals surface area (Å²) in [4.78, 5) is 28.9. The van der Waals surface area contributed by atoms with Gasteiger partial charge in [0.2, 0.25) is 11.8 Å². The first kappa shape index (κ1) is 21.4. The van der Waals surface area contributed by atoms with E-state index in [-0.39, 0.29) is 30.7 Å². The maximum Gasteiger partial charge on any atom is 0.406 e. The third kappa shape index (κ3) is 7.03. The molecule has 1 heterocycles. The Morgan fingerprint density at radius 3 is 2.29 bits per heavy atom. The van der Waals surface area contributed by atoms with Crippen molar-refractivity contribution in [2.24, 2.45) is 0 Å². The van der Waals surface area contributed by atoms with Crippen molar-refractivity contribution < 1.29 is 22.8 Å². The SMILES string of the molecule is CCN(CC(=O)Nc1ccc(NC(C)=O)cc1)Cc1nccn1CC(F)(F)F. The first-order valence-corrected chi connectivity index (χ1v) is 8.63. The number of carbonyl (C=O) groups is 2. The van der Waals surface area contributed by atoms with E-state index in [2.05, 4.69) is 15.6 Å². The van der Waals surface area contributed by atoms with Gasteiger partial charge in [0.05, 0.1) is 13.1 Å². The van der Waals surface area contributed by atoms with Crippen LogP contribution in [0.1, 0.15) is 19.7 Å². The Labute approximate surface area is 160 Å². The Bertz CT molecular complexity index is 802. The average molecular weight is 397 g/mol. The molecule has 28 heavy (non-hydrogen) atoms. The van der Waals surface area contributed by atoms with E-state index in [4.69, 9.17) is 0 Å². The number of imidazole rings is 1. The van der Waals surface area contributed by atoms with Crippen molar-refractivity contribution in [3.63, 3.8) is 0 Å². The quantitative estimate of drug-likeness (QED) is 0.718. The molecule has 0 atom stereocenters. The molecule has 0 bridgehead atoms. The molecule has 0 spiro atoms. The minimum absolute atomic E-state index is 0.00280. The van der Waals surface area contributed by atoms with Gasteiger partial charge in [-0.1, -0.05) is 6.92 Å². The van der Waals surface area contributed by atoms with Crippen molar-refractivity contribution in [3.05, 3.63) is 42.5 Å². The molecule has 152 valence electrons. The van der Waals surface area contributed by atoms with Crippen LogP contribution in [0.4, 0.5) is 24.5 Å². The smallest absolute Gasteiger partial charge is 0.326 e. The summed E-state index contributed by atoms with van der Waals surface area (Å²) >= 11 is 0. The number of alkyl halides is 3. The molecule has 2 amide bonds. The summed E-state index contributed by atoms with van der Waals surface area (Å²) < 4.78 is 38.9. The third-order valence-corrected chi connectivity index (χ3v) is 3.82. The van der Waals surface area contributed by atoms with Crippen LogP contribution in [0.25, 0.3) is 0 Å². The van der Waals surface area contributed by atoms with Crippen LogP contribution in [0.5, 0.6) is 0 Å². The van der Waals surface area contributed by atoms with E-state index >= 15 is 0 Å². The maximum absolute atomic E-state index is 12.6. The standard InChI is InChI=1S/C18H22F3N5O2/c1-3-25(10-16-22-8-9-26(16)12-18(19,20)21)11-17(28)24-15-6-4-14(5-7-15)23-13(2)27/h4-9H,3,10-12H2,1-2H3,(H,23,27)(H,24,28). The molecule has 7 nitrogen and oxygen atoms in total. The Morgan fingerprint density at radius 2 is 1.75 bits per heavy atom. The molecule has 0 radical (unpaired) electrons. The first-order chi connectivity index (χ1) is 13.2. The summed E-state index contributed by atoms with van der Waals surface area (Å²) in [7, 11) is 0. The van der Waals surface area contributed by atoms with E-state index in [0.717, 1.165) is 4.57 Å². The van der Waals surface area contributed by atoms with Crippen molar-refractivity contribution >= 4 is 23.2 Å². The highest BCUT2D eigenvalue weighted by Crippen LogP contribution is 2.19. The Hall–Kier alpha value is -2.88. The zero-order valence-corrected chi connectivity index (χ0v) is 15.6. The van der Waals surface area contributed by atoms with Gasteiger partial charge in [-0.05, 0) is 30.8 Å². The maximum atomic E-state index is 12.6. The number of nitrogens with one attached hydrogen (secondary N) is 2. The third-order valence-electron chi connectivity index (χ3n) is 3.82. The number of anilines is 2. The van der Waals surface area contributed by atoms with Crippen LogP contribution in [0.2, 0.25) is 0 Å². The lowest BCUT2D eigenvalue weighted by molar-refractivity contribution is -0.141. The number of likely N-dealkylation sites (N-methyl/N-ethyl adjacent to an activating group) is 1. The molecule has 0 saturated heterocycles. The molecule has 0 unspecified atom stereocenters. The van der Waals surface area contributed by atoms with Gasteiger partial charge in [-0.2, -0.15) is 13.2 Å². The number of carbonyl (C=O) groups excluding carboxylic acids is 2. The van der Waals surface area contributed by atoms with Gasteiger partial charge in [0.1, 0.15) is 12.4 Å². The zero-order chi connectivity index (χ0) is 20.7. The molecular weight excluding hydrogens is 375 g/mol. The van der Waals surface area contributed by atoms with Gasteiger partial charge in [0.15, 0.2) is 0 Å². The zero-order valence-electron chi connectivity index (χ0n) is 15.6. The Morgan fingerprint density at radius 1 is 1.14 bits per heavy atom. The molecule has 2 rings (SSSR count). The fourth-order valence-electron chi connectivity index (χ4n) is 2.55. The number of benzene rings is 1. The van der Waals surface area contributed by atoms with Crippen LogP contribution in [-0.2, 0) is 22.7 Å². The summed E-state index contributed by atoms with van der Waals surface area (Å²) in [6.07, 6.45) is -1.76. The molecular formula is C18H22F3N5O2. The number of hydrogen-bond acceptors (Lipinski definition) is 4. The van der Waals surface area contributed by atoms with Gasteiger partial charge in [-0.25, -0.2) is 4.98 Å². The number of aromatic nitrogens is 2. The van der Waals surface area contributed by atoms with Gasteiger partial charge in [-0.3, -0.25) is 14.5 Å². The van der Waals surface area contributed by atoms with Crippen molar-refractivity contribution in [3.8, 4) is 0 Å². The molecule has 2 N–H and O–H groups in total. The van der Waals surface area contributed by atoms with Gasteiger partial charge >= 0.3 is 6.18 Å². The summed E-state index contributed by atoms with van der Waals surface area (Å²) in [5.41, 5.74) is 1.16. The minimum atomic E-state index is -4.34. The fourth-order valence-corrected chi connectivity index (χ4v) is 2.55. The summed E-state index contributed by atoms with van der Waals surface area (Å²) in [6.45, 7) is 2.68. The van der Waals surface area contributed by atoms with E-state index in [1.54, 1.807) is 29.2 Å². The van der Waals surface area contributed by atoms with Gasteiger partial charge in [0.25, 0.3) is 0 Å². The molecule has 1 aromatic heterocycles. The van der Waals surface area contributed by atoms with Gasteiger partial charge < -0.3 is 15.2 Å². The van der Waals surface area contributed by atoms with E-state index < -0.39 is 12.7 Å². The highest BCUT2D eigenvalue weighted by atomic mass is 19.4. The molecule has 1 aromatic carbocycles. The van der Waals surface area contributed by atoms with Crippen LogP contribution >= 0.6 is 0 Å². The number of amides is 2. The second kappa shape index (κ2) is 9.36. The lowest BCUT2D eigenvalue weighted by atomic mass is 10.2.